The maximum Gasteiger partial charge on any atom is 0.417 e. The molecule has 1 aliphatic rings. The second-order valence-electron chi connectivity index (χ2n) is 13.1. The van der Waals surface area contributed by atoms with E-state index in [2.05, 4.69) is 10.0 Å². The Kier molecular flexibility index (Phi) is 10.5. The third-order valence-corrected chi connectivity index (χ3v) is 9.68. The van der Waals surface area contributed by atoms with Gasteiger partial charge in [0.1, 0.15) is 0 Å². The Bertz CT molecular complexity index is 1430. The Labute approximate surface area is 252 Å². The molecule has 1 heterocycles. The van der Waals surface area contributed by atoms with E-state index >= 15 is 0 Å². The number of alkyl halides is 3. The van der Waals surface area contributed by atoms with Crippen LogP contribution in [0.15, 0.2) is 29.2 Å². The number of aromatic nitrogens is 1. The van der Waals surface area contributed by atoms with Crippen molar-refractivity contribution in [2.75, 3.05) is 13.7 Å². The number of methoxy groups -OCH3 is 1. The molecular formula is C31H44F3N3O5S. The minimum absolute atomic E-state index is 0.159. The summed E-state index contributed by atoms with van der Waals surface area (Å²) in [6.45, 7) is 10.6. The molecule has 1 saturated carbocycles. The summed E-state index contributed by atoms with van der Waals surface area (Å²) < 4.78 is 77.9. The lowest BCUT2D eigenvalue weighted by atomic mass is 9.89. The van der Waals surface area contributed by atoms with Crippen LogP contribution in [-0.2, 0) is 32.3 Å². The fourth-order valence-corrected chi connectivity index (χ4v) is 7.17. The van der Waals surface area contributed by atoms with Crippen molar-refractivity contribution >= 4 is 21.9 Å². The zero-order valence-electron chi connectivity index (χ0n) is 26.1. The number of halogens is 3. The lowest BCUT2D eigenvalue weighted by Gasteiger charge is -2.25. The van der Waals surface area contributed by atoms with Crippen LogP contribution >= 0.6 is 0 Å². The Morgan fingerprint density at radius 2 is 1.65 bits per heavy atom. The molecule has 240 valence electrons. The summed E-state index contributed by atoms with van der Waals surface area (Å²) in [4.78, 5) is 24.5. The van der Waals surface area contributed by atoms with Crippen molar-refractivity contribution in [1.29, 1.82) is 0 Å². The maximum atomic E-state index is 14.3. The van der Waals surface area contributed by atoms with Gasteiger partial charge in [0.25, 0.3) is 5.91 Å². The minimum atomic E-state index is -4.94. The number of ether oxygens (including phenoxy) is 1. The summed E-state index contributed by atoms with van der Waals surface area (Å²) >= 11 is 0. The van der Waals surface area contributed by atoms with Crippen LogP contribution in [0.3, 0.4) is 0 Å². The molecule has 0 unspecified atom stereocenters. The van der Waals surface area contributed by atoms with Gasteiger partial charge in [-0.25, -0.2) is 13.1 Å². The number of benzene rings is 1. The van der Waals surface area contributed by atoms with E-state index in [1.54, 1.807) is 47.6 Å². The standard InChI is InChI=1S/C31H44F3N3O5S/c1-20-23(27(38)35-16-15-30(5,6)28(39)42-7)18-25(37(20)19-21-11-9-8-10-12-21)22-13-14-26(24(17-22)31(32,33)34)43(40,41)36-29(2,3)4/h13-14,17-18,21,36H,8-12,15-16,19H2,1-7H3,(H,35,38). The molecule has 1 aliphatic carbocycles. The van der Waals surface area contributed by atoms with Gasteiger partial charge in [0.15, 0.2) is 0 Å². The average Bonchev–Trinajstić information content (AvgIpc) is 3.22. The first-order valence-corrected chi connectivity index (χ1v) is 16.1. The summed E-state index contributed by atoms with van der Waals surface area (Å²) in [5.74, 6) is -0.512. The number of hydrogen-bond donors (Lipinski definition) is 2. The van der Waals surface area contributed by atoms with Crippen molar-refractivity contribution in [1.82, 2.24) is 14.6 Å². The monoisotopic (exact) mass is 627 g/mol. The zero-order valence-corrected chi connectivity index (χ0v) is 26.9. The van der Waals surface area contributed by atoms with Gasteiger partial charge >= 0.3 is 12.1 Å². The normalized spacial score (nSPS) is 15.4. The predicted octanol–water partition coefficient (Wildman–Crippen LogP) is 6.46. The smallest absolute Gasteiger partial charge is 0.417 e. The zero-order chi connectivity index (χ0) is 32.4. The van der Waals surface area contributed by atoms with Gasteiger partial charge in [0, 0.05) is 30.0 Å². The first-order valence-electron chi connectivity index (χ1n) is 14.6. The Balaban J connectivity index is 2.06. The molecule has 2 aromatic rings. The van der Waals surface area contributed by atoms with Crippen molar-refractivity contribution < 1.29 is 35.9 Å². The molecular weight excluding hydrogens is 583 g/mol. The van der Waals surface area contributed by atoms with Gasteiger partial charge in [0.05, 0.1) is 28.5 Å². The Morgan fingerprint density at radius 1 is 1.02 bits per heavy atom. The van der Waals surface area contributed by atoms with Crippen molar-refractivity contribution in [3.05, 3.63) is 41.1 Å². The highest BCUT2D eigenvalue weighted by Crippen LogP contribution is 2.39. The van der Waals surface area contributed by atoms with Crippen LogP contribution < -0.4 is 10.0 Å². The van der Waals surface area contributed by atoms with Gasteiger partial charge in [0.2, 0.25) is 10.0 Å². The number of sulfonamides is 1. The molecule has 0 saturated heterocycles. The van der Waals surface area contributed by atoms with E-state index in [1.165, 1.54) is 13.2 Å². The quantitative estimate of drug-likeness (QED) is 0.294. The van der Waals surface area contributed by atoms with Crippen LogP contribution in [0.25, 0.3) is 11.3 Å². The van der Waals surface area contributed by atoms with Crippen molar-refractivity contribution in [3.63, 3.8) is 0 Å². The van der Waals surface area contributed by atoms with Crippen molar-refractivity contribution in [2.24, 2.45) is 11.3 Å². The Morgan fingerprint density at radius 3 is 2.21 bits per heavy atom. The van der Waals surface area contributed by atoms with Gasteiger partial charge in [-0.3, -0.25) is 9.59 Å². The molecule has 0 aliphatic heterocycles. The number of nitrogens with zero attached hydrogens (tertiary/aromatic N) is 1. The number of amides is 1. The van der Waals surface area contributed by atoms with E-state index in [-0.39, 0.29) is 12.1 Å². The van der Waals surface area contributed by atoms with Crippen LogP contribution in [0.1, 0.15) is 94.8 Å². The second kappa shape index (κ2) is 13.0. The summed E-state index contributed by atoms with van der Waals surface area (Å²) in [6, 6.07) is 4.76. The molecule has 1 aromatic heterocycles. The van der Waals surface area contributed by atoms with Crippen molar-refractivity contribution in [2.45, 2.75) is 103 Å². The number of nitrogens with one attached hydrogen (secondary N) is 2. The van der Waals surface area contributed by atoms with E-state index in [9.17, 15) is 31.2 Å². The summed E-state index contributed by atoms with van der Waals surface area (Å²) in [7, 11) is -3.18. The number of esters is 1. The molecule has 1 amide bonds. The number of rotatable bonds is 10. The van der Waals surface area contributed by atoms with Crippen LogP contribution in [0.5, 0.6) is 0 Å². The van der Waals surface area contributed by atoms with Crippen LogP contribution in [0.4, 0.5) is 13.2 Å². The fourth-order valence-electron chi connectivity index (χ4n) is 5.54. The molecule has 3 rings (SSSR count). The first-order chi connectivity index (χ1) is 19.8. The number of hydrogen-bond acceptors (Lipinski definition) is 5. The number of carbonyl (C=O) groups excluding carboxylic acids is 2. The molecule has 43 heavy (non-hydrogen) atoms. The molecule has 0 bridgehead atoms. The molecule has 0 atom stereocenters. The van der Waals surface area contributed by atoms with Gasteiger partial charge < -0.3 is 14.6 Å². The molecule has 2 N–H and O–H groups in total. The predicted molar refractivity (Wildman–Crippen MR) is 159 cm³/mol. The van der Waals surface area contributed by atoms with Crippen LogP contribution in [0.2, 0.25) is 0 Å². The molecule has 1 aromatic carbocycles. The molecule has 8 nitrogen and oxygen atoms in total. The summed E-state index contributed by atoms with van der Waals surface area (Å²) in [6.07, 6.45) is 0.602. The van der Waals surface area contributed by atoms with E-state index in [0.717, 1.165) is 44.2 Å². The van der Waals surface area contributed by atoms with Crippen LogP contribution in [-0.4, -0.2) is 44.1 Å². The first kappa shape index (κ1) is 34.6. The molecule has 0 radical (unpaired) electrons. The van der Waals surface area contributed by atoms with Crippen molar-refractivity contribution in [3.8, 4) is 11.3 Å². The van der Waals surface area contributed by atoms with Gasteiger partial charge in [-0.05, 0) is 90.5 Å². The van der Waals surface area contributed by atoms with E-state index in [4.69, 9.17) is 4.74 Å². The SMILES string of the molecule is COC(=O)C(C)(C)CCNC(=O)c1cc(-c2ccc(S(=O)(=O)NC(C)(C)C)c(C(F)(F)F)c2)n(CC2CCCCC2)c1C. The highest BCUT2D eigenvalue weighted by atomic mass is 32.2. The third kappa shape index (κ3) is 8.62. The largest absolute Gasteiger partial charge is 0.469 e. The third-order valence-electron chi connectivity index (χ3n) is 7.86. The van der Waals surface area contributed by atoms with Gasteiger partial charge in [-0.15, -0.1) is 0 Å². The molecule has 1 fully saturated rings. The van der Waals surface area contributed by atoms with Gasteiger partial charge in [-0.1, -0.05) is 25.3 Å². The topological polar surface area (TPSA) is 106 Å². The number of carbonyl (C=O) groups is 2. The van der Waals surface area contributed by atoms with E-state index in [0.29, 0.717) is 35.8 Å². The average molecular weight is 628 g/mol. The summed E-state index contributed by atoms with van der Waals surface area (Å²) in [5.41, 5.74) is -1.60. The molecule has 0 spiro atoms. The summed E-state index contributed by atoms with van der Waals surface area (Å²) in [5, 5.41) is 2.83. The van der Waals surface area contributed by atoms with E-state index < -0.39 is 49.5 Å². The van der Waals surface area contributed by atoms with Gasteiger partial charge in [-0.2, -0.15) is 13.2 Å². The molecule has 12 heteroatoms. The highest BCUT2D eigenvalue weighted by Gasteiger charge is 2.39. The Hall–Kier alpha value is -2.86. The lowest BCUT2D eigenvalue weighted by molar-refractivity contribution is -0.151. The highest BCUT2D eigenvalue weighted by molar-refractivity contribution is 7.89. The second-order valence-corrected chi connectivity index (χ2v) is 14.7. The van der Waals surface area contributed by atoms with Crippen LogP contribution in [0, 0.1) is 18.3 Å². The van der Waals surface area contributed by atoms with E-state index in [1.807, 2.05) is 4.57 Å². The maximum absolute atomic E-state index is 14.3. The fraction of sp³-hybridized carbons (Fsp3) is 0.613. The minimum Gasteiger partial charge on any atom is -0.469 e. The lowest BCUT2D eigenvalue weighted by Crippen LogP contribution is -2.41.